The van der Waals surface area contributed by atoms with E-state index < -0.39 is 60.2 Å². The van der Waals surface area contributed by atoms with Crippen molar-refractivity contribution in [1.82, 2.24) is 15.4 Å². The first-order chi connectivity index (χ1) is 25.8. The number of carbonyl (C=O) groups is 3. The van der Waals surface area contributed by atoms with Gasteiger partial charge in [-0.3, -0.25) is 14.5 Å². The zero-order chi connectivity index (χ0) is 40.2. The van der Waals surface area contributed by atoms with Gasteiger partial charge in [-0.25, -0.2) is 4.79 Å². The first-order valence-electron chi connectivity index (χ1n) is 19.7. The number of Topliss-reactive ketones (excluding diaryl/α,β-unsaturated/α-hetero) is 2. The number of likely N-dealkylation sites (tertiary alicyclic amines) is 1. The Morgan fingerprint density at radius 3 is 2.51 bits per heavy atom. The summed E-state index contributed by atoms with van der Waals surface area (Å²) in [5.74, 6) is -2.29. The summed E-state index contributed by atoms with van der Waals surface area (Å²) in [5, 5.41) is 19.8. The number of rotatable bonds is 11. The molecule has 55 heavy (non-hydrogen) atoms. The molecule has 0 spiro atoms. The van der Waals surface area contributed by atoms with Crippen LogP contribution in [0, 0.1) is 11.8 Å². The molecule has 1 aliphatic heterocycles. The molecule has 1 aromatic heterocycles. The van der Waals surface area contributed by atoms with Gasteiger partial charge in [-0.15, -0.1) is 6.58 Å². The number of aliphatic hydroxyl groups is 1. The number of nitrogens with one attached hydrogen (secondary N) is 1. The molecule has 1 saturated heterocycles. The largest absolute Gasteiger partial charge is 0.514 e. The first-order valence-corrected chi connectivity index (χ1v) is 22.6. The Morgan fingerprint density at radius 1 is 1.16 bits per heavy atom. The van der Waals surface area contributed by atoms with E-state index in [0.29, 0.717) is 31.8 Å². The standard InChI is InChI=1S/C42H59N3O9Si/c1-12-14-19-50-38-32-35(53-44-38)33(43-17-13-2)27-22-26-21-25-20-24(28-16-15-18-45(28)9)23-29(51-39(49)52-40(3,4)5)30(25)34(46)31(26)36(47)42(27,37(32)48)54-55(10,11)41(6,7)8/h13,20,23,26-28,33,43,46H,2,12,14-19,21-22H2,1,3-11H3/t26-,27-,28?,33-,42-/m0/s1. The Morgan fingerprint density at radius 2 is 1.89 bits per heavy atom. The number of nitrogens with zero attached hydrogens (tertiary/aromatic N) is 2. The highest BCUT2D eigenvalue weighted by molar-refractivity contribution is 6.74. The summed E-state index contributed by atoms with van der Waals surface area (Å²) in [6.07, 6.45) is 5.00. The smallest absolute Gasteiger partial charge is 0.507 e. The number of carbonyl (C=O) groups excluding carboxylic acids is 3. The minimum absolute atomic E-state index is 0.0232. The fraction of sp³-hybridized carbons (Fsp3) is 0.619. The molecule has 4 aliphatic rings. The molecule has 1 aromatic carbocycles. The lowest BCUT2D eigenvalue weighted by atomic mass is 9.57. The lowest BCUT2D eigenvalue weighted by Crippen LogP contribution is -2.68. The average Bonchev–Trinajstić information content (AvgIpc) is 3.70. The molecule has 2 fully saturated rings. The number of ether oxygens (including phenoxy) is 3. The van der Waals surface area contributed by atoms with Gasteiger partial charge in [0.05, 0.1) is 18.2 Å². The van der Waals surface area contributed by atoms with E-state index in [1.54, 1.807) is 32.9 Å². The quantitative estimate of drug-likeness (QED) is 0.0563. The van der Waals surface area contributed by atoms with Gasteiger partial charge in [0.1, 0.15) is 22.7 Å². The van der Waals surface area contributed by atoms with Crippen LogP contribution >= 0.6 is 0 Å². The molecule has 12 nitrogen and oxygen atoms in total. The molecule has 13 heteroatoms. The molecular weight excluding hydrogens is 719 g/mol. The number of aromatic nitrogens is 1. The van der Waals surface area contributed by atoms with Crippen molar-refractivity contribution in [2.24, 2.45) is 11.8 Å². The summed E-state index contributed by atoms with van der Waals surface area (Å²) in [7, 11) is -0.848. The lowest BCUT2D eigenvalue weighted by Gasteiger charge is -2.54. The van der Waals surface area contributed by atoms with E-state index in [0.717, 1.165) is 43.4 Å². The number of ketones is 2. The molecule has 0 amide bonds. The van der Waals surface area contributed by atoms with Crippen molar-refractivity contribution in [2.75, 3.05) is 26.7 Å². The van der Waals surface area contributed by atoms with E-state index in [1.807, 2.05) is 20.0 Å². The second-order valence-electron chi connectivity index (χ2n) is 18.1. The highest BCUT2D eigenvalue weighted by Gasteiger charge is 2.68. The predicted molar refractivity (Wildman–Crippen MR) is 211 cm³/mol. The summed E-state index contributed by atoms with van der Waals surface area (Å²) in [4.78, 5) is 46.5. The van der Waals surface area contributed by atoms with Crippen LogP contribution in [0.1, 0.15) is 125 Å². The SMILES string of the molecule is C=CCN[C@@H]1c2onc(OCCCC)c2C(=O)[C@@]2(O[Si](C)(C)C(C)(C)C)C(=O)C3=C(O)c4c(cc(C5CCCN5C)cc4OC(=O)OC(C)(C)C)C[C@H]3C[C@@H]12. The van der Waals surface area contributed by atoms with Gasteiger partial charge in [-0.05, 0) is 113 Å². The van der Waals surface area contributed by atoms with Crippen LogP contribution in [0.3, 0.4) is 0 Å². The molecule has 6 rings (SSSR count). The number of fused-ring (bicyclic) bond motifs is 4. The van der Waals surface area contributed by atoms with Crippen LogP contribution in [-0.2, 0) is 20.4 Å². The van der Waals surface area contributed by atoms with Crippen LogP contribution < -0.4 is 14.8 Å². The van der Waals surface area contributed by atoms with E-state index in [-0.39, 0.29) is 40.1 Å². The van der Waals surface area contributed by atoms with Gasteiger partial charge in [0, 0.05) is 24.1 Å². The number of unbranched alkanes of at least 4 members (excludes halogenated alkanes) is 1. The summed E-state index contributed by atoms with van der Waals surface area (Å²) in [6, 6.07) is 3.25. The van der Waals surface area contributed by atoms with Crippen molar-refractivity contribution in [1.29, 1.82) is 0 Å². The number of aliphatic hydroxyl groups excluding tert-OH is 1. The van der Waals surface area contributed by atoms with Crippen molar-refractivity contribution in [3.63, 3.8) is 0 Å². The average molecular weight is 778 g/mol. The fourth-order valence-electron chi connectivity index (χ4n) is 8.42. The van der Waals surface area contributed by atoms with Crippen LogP contribution in [0.5, 0.6) is 11.6 Å². The van der Waals surface area contributed by atoms with Crippen LogP contribution in [0.2, 0.25) is 18.1 Å². The number of hydrogen-bond acceptors (Lipinski definition) is 12. The van der Waals surface area contributed by atoms with Crippen LogP contribution in [0.25, 0.3) is 5.76 Å². The Balaban J connectivity index is 1.57. The Hall–Kier alpha value is -3.78. The lowest BCUT2D eigenvalue weighted by molar-refractivity contribution is -0.138. The van der Waals surface area contributed by atoms with Gasteiger partial charge in [0.25, 0.3) is 5.88 Å². The van der Waals surface area contributed by atoms with E-state index in [9.17, 15) is 9.90 Å². The Kier molecular flexibility index (Phi) is 11.1. The van der Waals surface area contributed by atoms with Crippen LogP contribution in [0.4, 0.5) is 4.79 Å². The summed E-state index contributed by atoms with van der Waals surface area (Å²) in [5.41, 5.74) is -0.759. The molecule has 300 valence electrons. The molecule has 2 N–H and O–H groups in total. The predicted octanol–water partition coefficient (Wildman–Crippen LogP) is 8.44. The molecule has 0 bridgehead atoms. The third-order valence-corrected chi connectivity index (χ3v) is 16.5. The normalized spacial score (nSPS) is 25.6. The molecule has 2 heterocycles. The van der Waals surface area contributed by atoms with Gasteiger partial charge < -0.3 is 33.6 Å². The van der Waals surface area contributed by atoms with Gasteiger partial charge in [0.15, 0.2) is 19.7 Å². The molecule has 0 radical (unpaired) electrons. The second-order valence-corrected chi connectivity index (χ2v) is 22.8. The van der Waals surface area contributed by atoms with Gasteiger partial charge in [-0.2, -0.15) is 0 Å². The second kappa shape index (κ2) is 14.9. The Labute approximate surface area is 326 Å². The zero-order valence-corrected chi connectivity index (χ0v) is 35.2. The number of benzene rings is 1. The summed E-state index contributed by atoms with van der Waals surface area (Å²) < 4.78 is 30.6. The molecule has 3 aliphatic carbocycles. The van der Waals surface area contributed by atoms with E-state index in [1.165, 1.54) is 0 Å². The van der Waals surface area contributed by atoms with Crippen LogP contribution in [0.15, 0.2) is 34.9 Å². The maximum absolute atomic E-state index is 15.7. The maximum Gasteiger partial charge on any atom is 0.514 e. The summed E-state index contributed by atoms with van der Waals surface area (Å²) in [6.45, 7) is 23.0. The monoisotopic (exact) mass is 777 g/mol. The minimum atomic E-state index is -2.91. The van der Waals surface area contributed by atoms with Gasteiger partial charge in [0.2, 0.25) is 11.6 Å². The maximum atomic E-state index is 15.7. The third-order valence-electron chi connectivity index (χ3n) is 12.1. The summed E-state index contributed by atoms with van der Waals surface area (Å²) >= 11 is 0. The molecular formula is C42H59N3O9Si. The Bertz CT molecular complexity index is 1890. The first kappa shape index (κ1) is 40.9. The highest BCUT2D eigenvalue weighted by atomic mass is 28.4. The highest BCUT2D eigenvalue weighted by Crippen LogP contribution is 2.58. The van der Waals surface area contributed by atoms with Crippen molar-refractivity contribution in [2.45, 2.75) is 128 Å². The topological polar surface area (TPSA) is 150 Å². The molecule has 2 aromatic rings. The molecule has 1 saturated carbocycles. The van der Waals surface area contributed by atoms with Gasteiger partial charge in [-0.1, -0.05) is 46.3 Å². The van der Waals surface area contributed by atoms with Crippen molar-refractivity contribution in [3.05, 3.63) is 58.4 Å². The number of hydrogen-bond donors (Lipinski definition) is 2. The van der Waals surface area contributed by atoms with Crippen molar-refractivity contribution < 1.29 is 42.6 Å². The fourth-order valence-corrected chi connectivity index (χ4v) is 9.87. The van der Waals surface area contributed by atoms with E-state index in [2.05, 4.69) is 55.8 Å². The molecule has 1 unspecified atom stereocenters. The van der Waals surface area contributed by atoms with E-state index in [4.69, 9.17) is 23.2 Å². The van der Waals surface area contributed by atoms with Crippen molar-refractivity contribution in [3.8, 4) is 11.6 Å². The minimum Gasteiger partial charge on any atom is -0.507 e. The third kappa shape index (κ3) is 7.33. The molecule has 5 atom stereocenters. The van der Waals surface area contributed by atoms with E-state index >= 15 is 9.59 Å². The zero-order valence-electron chi connectivity index (χ0n) is 34.2. The van der Waals surface area contributed by atoms with Gasteiger partial charge >= 0.3 is 6.16 Å². The van der Waals surface area contributed by atoms with Crippen LogP contribution in [-0.4, -0.2) is 79.1 Å². The van der Waals surface area contributed by atoms with Crippen molar-refractivity contribution >= 4 is 31.8 Å².